The Kier molecular flexibility index (Phi) is 4.18. The number of aromatic amines is 1. The minimum absolute atomic E-state index is 0.110. The summed E-state index contributed by atoms with van der Waals surface area (Å²) < 4.78 is 11.1. The number of carbonyl (C=O) groups is 1. The Bertz CT molecular complexity index is 1010. The number of ether oxygens (including phenoxy) is 2. The van der Waals surface area contributed by atoms with Gasteiger partial charge in [-0.25, -0.2) is 4.79 Å². The third kappa shape index (κ3) is 3.32. The van der Waals surface area contributed by atoms with Crippen molar-refractivity contribution >= 4 is 22.6 Å². The predicted molar refractivity (Wildman–Crippen MR) is 97.9 cm³/mol. The molecule has 1 aromatic heterocycles. The van der Waals surface area contributed by atoms with E-state index in [9.17, 15) is 9.59 Å². The molecule has 26 heavy (non-hydrogen) atoms. The second-order valence-corrected chi connectivity index (χ2v) is 5.88. The minimum atomic E-state index is -0.377. The predicted octanol–water partition coefficient (Wildman–Crippen LogP) is 2.62. The molecular weight excluding hydrogens is 334 g/mol. The molecule has 0 bridgehead atoms. The summed E-state index contributed by atoms with van der Waals surface area (Å²) in [5, 5.41) is 6.21. The summed E-state index contributed by atoms with van der Waals surface area (Å²) in [6.07, 6.45) is 0. The maximum Gasteiger partial charge on any atom is 0.319 e. The topological polar surface area (TPSA) is 92.5 Å². The van der Waals surface area contributed by atoms with E-state index in [0.29, 0.717) is 41.5 Å². The molecule has 2 heterocycles. The van der Waals surface area contributed by atoms with Gasteiger partial charge in [-0.1, -0.05) is 18.2 Å². The van der Waals surface area contributed by atoms with Gasteiger partial charge in [0, 0.05) is 29.2 Å². The van der Waals surface area contributed by atoms with E-state index in [4.69, 9.17) is 9.47 Å². The molecule has 3 aromatic rings. The SMILES string of the molecule is O=C(NCc1cc2cc3c(cc2[nH]c1=O)OCCO3)Nc1ccccc1. The highest BCUT2D eigenvalue weighted by atomic mass is 16.6. The average molecular weight is 351 g/mol. The summed E-state index contributed by atoms with van der Waals surface area (Å²) >= 11 is 0. The van der Waals surface area contributed by atoms with Crippen LogP contribution >= 0.6 is 0 Å². The van der Waals surface area contributed by atoms with Crippen LogP contribution in [0.5, 0.6) is 11.5 Å². The van der Waals surface area contributed by atoms with E-state index in [0.717, 1.165) is 5.39 Å². The number of para-hydroxylation sites is 1. The summed E-state index contributed by atoms with van der Waals surface area (Å²) in [6, 6.07) is 14.0. The van der Waals surface area contributed by atoms with Gasteiger partial charge in [-0.3, -0.25) is 4.79 Å². The first-order valence-corrected chi connectivity index (χ1v) is 8.24. The number of anilines is 1. The first-order chi connectivity index (χ1) is 12.7. The first kappa shape index (κ1) is 16.0. The normalized spacial score (nSPS) is 12.6. The number of pyridine rings is 1. The zero-order valence-electron chi connectivity index (χ0n) is 13.9. The Morgan fingerprint density at radius 2 is 1.77 bits per heavy atom. The fraction of sp³-hybridized carbons (Fsp3) is 0.158. The molecule has 0 radical (unpaired) electrons. The minimum Gasteiger partial charge on any atom is -0.486 e. The molecule has 1 aliphatic heterocycles. The number of hydrogen-bond acceptors (Lipinski definition) is 4. The maximum atomic E-state index is 12.3. The molecule has 1 aliphatic rings. The molecule has 0 aliphatic carbocycles. The van der Waals surface area contributed by atoms with Crippen LogP contribution in [0, 0.1) is 0 Å². The first-order valence-electron chi connectivity index (χ1n) is 8.24. The zero-order chi connectivity index (χ0) is 17.9. The number of benzene rings is 2. The maximum absolute atomic E-state index is 12.3. The molecule has 2 amide bonds. The molecule has 3 N–H and O–H groups in total. The van der Waals surface area contributed by atoms with E-state index < -0.39 is 0 Å². The molecule has 0 saturated carbocycles. The quantitative estimate of drug-likeness (QED) is 0.676. The van der Waals surface area contributed by atoms with Gasteiger partial charge in [0.05, 0.1) is 5.52 Å². The second-order valence-electron chi connectivity index (χ2n) is 5.88. The summed E-state index contributed by atoms with van der Waals surface area (Å²) in [5.41, 5.74) is 1.55. The standard InChI is InChI=1S/C19H17N3O4/c23-18-13(11-20-19(24)21-14-4-2-1-3-5-14)8-12-9-16-17(10-15(12)22-18)26-7-6-25-16/h1-5,8-10H,6-7,11H2,(H,22,23)(H2,20,21,24). The lowest BCUT2D eigenvalue weighted by atomic mass is 10.1. The van der Waals surface area contributed by atoms with Crippen LogP contribution in [0.15, 0.2) is 53.3 Å². The van der Waals surface area contributed by atoms with Gasteiger partial charge in [-0.15, -0.1) is 0 Å². The van der Waals surface area contributed by atoms with E-state index in [1.807, 2.05) is 24.3 Å². The lowest BCUT2D eigenvalue weighted by Gasteiger charge is -2.18. The van der Waals surface area contributed by atoms with Crippen molar-refractivity contribution in [3.8, 4) is 11.5 Å². The van der Waals surface area contributed by atoms with Gasteiger partial charge < -0.3 is 25.1 Å². The molecule has 0 atom stereocenters. The van der Waals surface area contributed by atoms with Crippen LogP contribution in [0.1, 0.15) is 5.56 Å². The average Bonchev–Trinajstić information content (AvgIpc) is 2.65. The number of carbonyl (C=O) groups excluding carboxylic acids is 1. The zero-order valence-corrected chi connectivity index (χ0v) is 13.9. The number of rotatable bonds is 3. The Hall–Kier alpha value is -3.48. The van der Waals surface area contributed by atoms with Gasteiger partial charge in [0.15, 0.2) is 11.5 Å². The van der Waals surface area contributed by atoms with Gasteiger partial charge in [-0.05, 0) is 24.3 Å². The van der Waals surface area contributed by atoms with Crippen LogP contribution in [-0.2, 0) is 6.54 Å². The smallest absolute Gasteiger partial charge is 0.319 e. The Morgan fingerprint density at radius 1 is 1.04 bits per heavy atom. The highest BCUT2D eigenvalue weighted by Gasteiger charge is 2.14. The van der Waals surface area contributed by atoms with Gasteiger partial charge in [0.2, 0.25) is 0 Å². The van der Waals surface area contributed by atoms with E-state index in [1.54, 1.807) is 24.3 Å². The fourth-order valence-corrected chi connectivity index (χ4v) is 2.79. The van der Waals surface area contributed by atoms with Crippen molar-refractivity contribution < 1.29 is 14.3 Å². The van der Waals surface area contributed by atoms with Gasteiger partial charge in [-0.2, -0.15) is 0 Å². The molecule has 0 spiro atoms. The summed E-state index contributed by atoms with van der Waals surface area (Å²) in [7, 11) is 0. The van der Waals surface area contributed by atoms with Crippen LogP contribution < -0.4 is 25.7 Å². The number of urea groups is 1. The van der Waals surface area contributed by atoms with Crippen molar-refractivity contribution in [1.82, 2.24) is 10.3 Å². The number of H-pyrrole nitrogens is 1. The number of fused-ring (bicyclic) bond motifs is 2. The van der Waals surface area contributed by atoms with Crippen molar-refractivity contribution in [2.24, 2.45) is 0 Å². The van der Waals surface area contributed by atoms with Crippen molar-refractivity contribution in [3.63, 3.8) is 0 Å². The van der Waals surface area contributed by atoms with Gasteiger partial charge >= 0.3 is 6.03 Å². The highest BCUT2D eigenvalue weighted by molar-refractivity contribution is 5.89. The third-order valence-electron chi connectivity index (χ3n) is 4.05. The molecule has 4 rings (SSSR count). The molecule has 7 nitrogen and oxygen atoms in total. The van der Waals surface area contributed by atoms with Crippen LogP contribution in [0.25, 0.3) is 10.9 Å². The highest BCUT2D eigenvalue weighted by Crippen LogP contribution is 2.33. The van der Waals surface area contributed by atoms with Crippen molar-refractivity contribution in [2.75, 3.05) is 18.5 Å². The fourth-order valence-electron chi connectivity index (χ4n) is 2.79. The summed E-state index contributed by atoms with van der Waals surface area (Å²) in [6.45, 7) is 1.09. The van der Waals surface area contributed by atoms with Crippen LogP contribution in [0.2, 0.25) is 0 Å². The Labute approximate surface area is 148 Å². The third-order valence-corrected chi connectivity index (χ3v) is 4.05. The number of amides is 2. The number of hydrogen-bond donors (Lipinski definition) is 3. The molecule has 7 heteroatoms. The molecular formula is C19H17N3O4. The van der Waals surface area contributed by atoms with Crippen LogP contribution in [0.4, 0.5) is 10.5 Å². The van der Waals surface area contributed by atoms with Crippen molar-refractivity contribution in [1.29, 1.82) is 0 Å². The van der Waals surface area contributed by atoms with Crippen LogP contribution in [-0.4, -0.2) is 24.2 Å². The summed E-state index contributed by atoms with van der Waals surface area (Å²) in [5.74, 6) is 1.27. The molecule has 0 fully saturated rings. The van der Waals surface area contributed by atoms with Gasteiger partial charge in [0.1, 0.15) is 13.2 Å². The van der Waals surface area contributed by atoms with Crippen LogP contribution in [0.3, 0.4) is 0 Å². The second kappa shape index (κ2) is 6.79. The molecule has 2 aromatic carbocycles. The Balaban J connectivity index is 1.52. The van der Waals surface area contributed by atoms with Crippen molar-refractivity contribution in [3.05, 3.63) is 64.4 Å². The molecule has 132 valence electrons. The number of nitrogens with one attached hydrogen (secondary N) is 3. The molecule has 0 unspecified atom stereocenters. The lowest BCUT2D eigenvalue weighted by Crippen LogP contribution is -2.30. The lowest BCUT2D eigenvalue weighted by molar-refractivity contribution is 0.172. The Morgan fingerprint density at radius 3 is 2.54 bits per heavy atom. The summed E-state index contributed by atoms with van der Waals surface area (Å²) in [4.78, 5) is 27.1. The number of aromatic nitrogens is 1. The molecule has 0 saturated heterocycles. The van der Waals surface area contributed by atoms with Crippen molar-refractivity contribution in [2.45, 2.75) is 6.54 Å². The largest absolute Gasteiger partial charge is 0.486 e. The van der Waals surface area contributed by atoms with E-state index in [1.165, 1.54) is 0 Å². The van der Waals surface area contributed by atoms with E-state index >= 15 is 0 Å². The van der Waals surface area contributed by atoms with E-state index in [2.05, 4.69) is 15.6 Å². The van der Waals surface area contributed by atoms with Gasteiger partial charge in [0.25, 0.3) is 5.56 Å². The van der Waals surface area contributed by atoms with E-state index in [-0.39, 0.29) is 18.1 Å². The monoisotopic (exact) mass is 351 g/mol.